The van der Waals surface area contributed by atoms with E-state index in [0.29, 0.717) is 35.6 Å². The number of benzene rings is 2. The van der Waals surface area contributed by atoms with Crippen LogP contribution in [0, 0.1) is 6.92 Å². The molecule has 2 aromatic carbocycles. The monoisotopic (exact) mass is 565 g/mol. The molecular weight excluding hydrogens is 534 g/mol. The van der Waals surface area contributed by atoms with Crippen LogP contribution in [-0.2, 0) is 13.1 Å². The number of rotatable bonds is 12. The molecule has 0 saturated heterocycles. The maximum absolute atomic E-state index is 7.00. The minimum Gasteiger partial charge on any atom is -0.480 e. The fourth-order valence-corrected chi connectivity index (χ4v) is 4.86. The summed E-state index contributed by atoms with van der Waals surface area (Å²) in [5.41, 5.74) is 7.42. The molecule has 39 heavy (non-hydrogen) atoms. The number of ether oxygens (including phenoxy) is 2. The van der Waals surface area contributed by atoms with Gasteiger partial charge in [-0.25, -0.2) is 9.97 Å². The van der Waals surface area contributed by atoms with Crippen LogP contribution in [0.25, 0.3) is 33.6 Å². The highest BCUT2D eigenvalue weighted by molar-refractivity contribution is 7.97. The number of hydrogen-bond donors (Lipinski definition) is 3. The predicted octanol–water partition coefficient (Wildman–Crippen LogP) is 4.66. The van der Waals surface area contributed by atoms with Gasteiger partial charge in [0.15, 0.2) is 0 Å². The summed E-state index contributed by atoms with van der Waals surface area (Å²) in [5, 5.41) is 12.4. The average Bonchev–Trinajstić information content (AvgIpc) is 2.96. The zero-order chi connectivity index (χ0) is 27.8. The van der Waals surface area contributed by atoms with Gasteiger partial charge in [0.1, 0.15) is 11.4 Å². The molecule has 0 saturated carbocycles. The third-order valence-electron chi connectivity index (χ3n) is 6.22. The molecule has 0 amide bonds. The lowest BCUT2D eigenvalue weighted by Crippen LogP contribution is -2.19. The van der Waals surface area contributed by atoms with Crippen molar-refractivity contribution in [3.05, 3.63) is 70.8 Å². The first kappa shape index (κ1) is 28.7. The largest absolute Gasteiger partial charge is 0.480 e. The zero-order valence-corrected chi connectivity index (χ0v) is 24.0. The summed E-state index contributed by atoms with van der Waals surface area (Å²) < 4.78 is 11.0. The summed E-state index contributed by atoms with van der Waals surface area (Å²) in [4.78, 5) is 18.6. The Balaban J connectivity index is 1.70. The Hall–Kier alpha value is -3.28. The van der Waals surface area contributed by atoms with Crippen LogP contribution in [0.3, 0.4) is 0 Å². The minimum absolute atomic E-state index is 0.464. The van der Waals surface area contributed by atoms with E-state index >= 15 is 0 Å². The van der Waals surface area contributed by atoms with Gasteiger partial charge >= 0.3 is 0 Å². The standard InChI is InChI=1S/C28H32ClN7O2S/c1-17-18(7-5-8-19(17)22-15-34-25(28(35-22)38-4)14-32-11-12-39-30)20-9-6-10-21(26(20)29)23-16-33-24(13-31-2)27(36-23)37-3/h5-10,15-16,31-32H,11-14,30H2,1-4H3. The number of halogens is 1. The highest BCUT2D eigenvalue weighted by atomic mass is 35.5. The molecule has 2 aromatic heterocycles. The van der Waals surface area contributed by atoms with Crippen molar-refractivity contribution in [1.82, 2.24) is 30.6 Å². The highest BCUT2D eigenvalue weighted by Gasteiger charge is 2.18. The van der Waals surface area contributed by atoms with Gasteiger partial charge in [-0.15, -0.1) is 0 Å². The molecule has 0 bridgehead atoms. The molecule has 0 radical (unpaired) electrons. The third-order valence-corrected chi connectivity index (χ3v) is 7.06. The molecule has 0 aliphatic carbocycles. The second-order valence-corrected chi connectivity index (χ2v) is 9.77. The smallest absolute Gasteiger partial charge is 0.237 e. The number of aromatic nitrogens is 4. The molecule has 4 aromatic rings. The van der Waals surface area contributed by atoms with Crippen LogP contribution in [0.2, 0.25) is 5.02 Å². The molecule has 9 nitrogen and oxygen atoms in total. The lowest BCUT2D eigenvalue weighted by atomic mass is 9.93. The minimum atomic E-state index is 0.464. The van der Waals surface area contributed by atoms with Crippen LogP contribution in [0.4, 0.5) is 0 Å². The van der Waals surface area contributed by atoms with E-state index in [9.17, 15) is 0 Å². The van der Waals surface area contributed by atoms with Gasteiger partial charge in [-0.3, -0.25) is 15.1 Å². The van der Waals surface area contributed by atoms with E-state index in [1.165, 1.54) is 11.9 Å². The molecule has 0 aliphatic rings. The topological polar surface area (TPSA) is 120 Å². The number of methoxy groups -OCH3 is 2. The molecule has 0 atom stereocenters. The van der Waals surface area contributed by atoms with Crippen molar-refractivity contribution >= 4 is 23.5 Å². The van der Waals surface area contributed by atoms with Crippen molar-refractivity contribution in [1.29, 1.82) is 0 Å². The van der Waals surface area contributed by atoms with Gasteiger partial charge in [-0.05, 0) is 25.1 Å². The van der Waals surface area contributed by atoms with Crippen LogP contribution in [0.5, 0.6) is 11.8 Å². The quantitative estimate of drug-likeness (QED) is 0.165. The molecule has 0 aliphatic heterocycles. The van der Waals surface area contributed by atoms with E-state index in [1.807, 2.05) is 43.4 Å². The fourth-order valence-electron chi connectivity index (χ4n) is 4.27. The molecule has 204 valence electrons. The van der Waals surface area contributed by atoms with Crippen molar-refractivity contribution in [3.63, 3.8) is 0 Å². The Morgan fingerprint density at radius 1 is 0.846 bits per heavy atom. The average molecular weight is 566 g/mol. The van der Waals surface area contributed by atoms with Crippen molar-refractivity contribution in [2.45, 2.75) is 20.0 Å². The van der Waals surface area contributed by atoms with Gasteiger partial charge in [0, 0.05) is 42.1 Å². The molecule has 11 heteroatoms. The molecule has 4 N–H and O–H groups in total. The van der Waals surface area contributed by atoms with Gasteiger partial charge in [0.05, 0.1) is 43.0 Å². The molecule has 2 heterocycles. The van der Waals surface area contributed by atoms with Gasteiger partial charge in [0.25, 0.3) is 0 Å². The van der Waals surface area contributed by atoms with E-state index in [4.69, 9.17) is 31.2 Å². The summed E-state index contributed by atoms with van der Waals surface area (Å²) in [6.07, 6.45) is 3.49. The van der Waals surface area contributed by atoms with Crippen molar-refractivity contribution in [2.24, 2.45) is 5.14 Å². The van der Waals surface area contributed by atoms with Gasteiger partial charge in [-0.2, -0.15) is 0 Å². The van der Waals surface area contributed by atoms with Gasteiger partial charge < -0.3 is 20.1 Å². The highest BCUT2D eigenvalue weighted by Crippen LogP contribution is 2.39. The first-order valence-corrected chi connectivity index (χ1v) is 13.8. The summed E-state index contributed by atoms with van der Waals surface area (Å²) in [5.74, 6) is 1.76. The Morgan fingerprint density at radius 3 is 2.03 bits per heavy atom. The molecular formula is C28H32ClN7O2S. The van der Waals surface area contributed by atoms with Crippen LogP contribution in [0.15, 0.2) is 48.8 Å². The lowest BCUT2D eigenvalue weighted by Gasteiger charge is -2.16. The summed E-state index contributed by atoms with van der Waals surface area (Å²) in [7, 11) is 5.04. The molecule has 0 unspecified atom stereocenters. The van der Waals surface area contributed by atoms with E-state index < -0.39 is 0 Å². The number of nitrogens with one attached hydrogen (secondary N) is 2. The van der Waals surface area contributed by atoms with Crippen LogP contribution in [0.1, 0.15) is 17.0 Å². The summed E-state index contributed by atoms with van der Waals surface area (Å²) >= 11 is 8.30. The second-order valence-electron chi connectivity index (χ2n) is 8.65. The summed E-state index contributed by atoms with van der Waals surface area (Å²) in [6, 6.07) is 12.0. The first-order valence-electron chi connectivity index (χ1n) is 12.4. The zero-order valence-electron chi connectivity index (χ0n) is 22.4. The molecule has 0 spiro atoms. The van der Waals surface area contributed by atoms with Crippen molar-refractivity contribution in [3.8, 4) is 45.4 Å². The van der Waals surface area contributed by atoms with Crippen LogP contribution < -0.4 is 25.2 Å². The molecule has 0 fully saturated rings. The Morgan fingerprint density at radius 2 is 1.41 bits per heavy atom. The van der Waals surface area contributed by atoms with Crippen LogP contribution in [-0.4, -0.2) is 53.5 Å². The SMILES string of the molecule is CNCc1ncc(-c2cccc(-c3cccc(-c4cnc(CNCCSN)c(OC)n4)c3C)c2Cl)nc1OC. The molecule has 4 rings (SSSR count). The summed E-state index contributed by atoms with van der Waals surface area (Å²) in [6.45, 7) is 3.92. The fraction of sp³-hybridized carbons (Fsp3) is 0.286. The number of nitrogens with two attached hydrogens (primary N) is 1. The third kappa shape index (κ3) is 6.48. The maximum atomic E-state index is 7.00. The van der Waals surface area contributed by atoms with Gasteiger partial charge in [0.2, 0.25) is 11.8 Å². The Kier molecular flexibility index (Phi) is 10.1. The Labute approximate surface area is 238 Å². The maximum Gasteiger partial charge on any atom is 0.237 e. The Bertz CT molecular complexity index is 1440. The van der Waals surface area contributed by atoms with Gasteiger partial charge in [-0.1, -0.05) is 59.9 Å². The van der Waals surface area contributed by atoms with E-state index in [0.717, 1.165) is 57.2 Å². The lowest BCUT2D eigenvalue weighted by molar-refractivity contribution is 0.388. The van der Waals surface area contributed by atoms with E-state index in [-0.39, 0.29) is 0 Å². The van der Waals surface area contributed by atoms with E-state index in [1.54, 1.807) is 26.6 Å². The number of nitrogens with zero attached hydrogens (tertiary/aromatic N) is 4. The van der Waals surface area contributed by atoms with Crippen LogP contribution >= 0.6 is 23.5 Å². The van der Waals surface area contributed by atoms with Crippen molar-refractivity contribution < 1.29 is 9.47 Å². The second kappa shape index (κ2) is 13.7. The normalized spacial score (nSPS) is 11.0. The van der Waals surface area contributed by atoms with Crippen molar-refractivity contribution in [2.75, 3.05) is 33.6 Å². The van der Waals surface area contributed by atoms with E-state index in [2.05, 4.69) is 32.5 Å². The number of hydrogen-bond acceptors (Lipinski definition) is 10. The first-order chi connectivity index (χ1) is 19.0. The predicted molar refractivity (Wildman–Crippen MR) is 158 cm³/mol.